The predicted molar refractivity (Wildman–Crippen MR) is 186 cm³/mol. The topological polar surface area (TPSA) is 3.24 Å². The highest BCUT2D eigenvalue weighted by molar-refractivity contribution is 5.86. The summed E-state index contributed by atoms with van der Waals surface area (Å²) in [4.78, 5) is 2.25. The second-order valence-electron chi connectivity index (χ2n) is 11.3. The van der Waals surface area contributed by atoms with Gasteiger partial charge in [0.25, 0.3) is 0 Å². The molecule has 8 rings (SSSR count). The van der Waals surface area contributed by atoms with E-state index in [4.69, 9.17) is 0 Å². The largest absolute Gasteiger partial charge is 0.311 e. The smallest absolute Gasteiger partial charge is 0.0630 e. The molecule has 0 saturated heterocycles. The van der Waals surface area contributed by atoms with Gasteiger partial charge in [0, 0.05) is 17.1 Å². The summed E-state index contributed by atoms with van der Waals surface area (Å²) in [5, 5.41) is 0. The highest BCUT2D eigenvalue weighted by atomic mass is 15.1. The van der Waals surface area contributed by atoms with Gasteiger partial charge in [-0.25, -0.2) is 0 Å². The van der Waals surface area contributed by atoms with Gasteiger partial charge in [0.2, 0.25) is 0 Å². The first kappa shape index (κ1) is 24.9. The molecule has 0 bridgehead atoms. The van der Waals surface area contributed by atoms with Gasteiger partial charge in [-0.05, 0) is 98.5 Å². The normalized spacial score (nSPS) is 11.9. The Labute approximate surface area is 260 Å². The van der Waals surface area contributed by atoms with Crippen LogP contribution in [0.15, 0.2) is 176 Å². The number of fused-ring (bicyclic) bond motifs is 3. The Morgan fingerprint density at radius 3 is 1.41 bits per heavy atom. The first-order chi connectivity index (χ1) is 22.2. The molecule has 0 N–H and O–H groups in total. The molecule has 0 saturated carbocycles. The van der Waals surface area contributed by atoms with Gasteiger partial charge in [-0.1, -0.05) is 140 Å². The highest BCUT2D eigenvalue weighted by Gasteiger charge is 2.21. The Hall–Kier alpha value is -5.66. The van der Waals surface area contributed by atoms with Crippen LogP contribution in [-0.2, 0) is 6.42 Å². The Bertz CT molecular complexity index is 2030. The maximum atomic E-state index is 9.26. The van der Waals surface area contributed by atoms with Gasteiger partial charge in [0.05, 0.1) is 1.37 Å². The van der Waals surface area contributed by atoms with Crippen LogP contribution in [0.25, 0.3) is 44.5 Å². The van der Waals surface area contributed by atoms with Crippen LogP contribution in [0.1, 0.15) is 12.5 Å². The third kappa shape index (κ3) is 4.79. The molecular formula is C43H31N. The summed E-state index contributed by atoms with van der Waals surface area (Å²) in [5.74, 6) is 0. The molecule has 0 unspecified atom stereocenters. The molecule has 0 spiro atoms. The number of rotatable bonds is 6. The molecule has 0 heterocycles. The van der Waals surface area contributed by atoms with Crippen LogP contribution < -0.4 is 4.90 Å². The number of anilines is 3. The van der Waals surface area contributed by atoms with E-state index in [0.29, 0.717) is 6.04 Å². The van der Waals surface area contributed by atoms with Crippen molar-refractivity contribution in [3.05, 3.63) is 187 Å². The number of hydrogen-bond donors (Lipinski definition) is 0. The van der Waals surface area contributed by atoms with Crippen molar-refractivity contribution in [2.24, 2.45) is 0 Å². The van der Waals surface area contributed by atoms with Crippen molar-refractivity contribution < 1.29 is 1.37 Å². The van der Waals surface area contributed by atoms with Crippen LogP contribution in [0.5, 0.6) is 0 Å². The van der Waals surface area contributed by atoms with Crippen molar-refractivity contribution in [2.75, 3.05) is 4.90 Å². The molecule has 1 heteroatoms. The van der Waals surface area contributed by atoms with Crippen molar-refractivity contribution in [3.63, 3.8) is 0 Å². The van der Waals surface area contributed by atoms with E-state index < -0.39 is 0 Å². The second-order valence-corrected chi connectivity index (χ2v) is 11.3. The average Bonchev–Trinajstić information content (AvgIpc) is 3.49. The minimum atomic E-state index is 0.517. The lowest BCUT2D eigenvalue weighted by molar-refractivity contribution is 1.26. The molecule has 1 nitrogen and oxygen atoms in total. The van der Waals surface area contributed by atoms with Crippen LogP contribution in [0.4, 0.5) is 17.1 Å². The fourth-order valence-corrected chi connectivity index (χ4v) is 6.45. The van der Waals surface area contributed by atoms with Gasteiger partial charge in [0.1, 0.15) is 0 Å². The molecule has 1 aliphatic rings. The summed E-state index contributed by atoms with van der Waals surface area (Å²) in [5.41, 5.74) is 15.1. The van der Waals surface area contributed by atoms with Crippen LogP contribution in [0, 0.1) is 0 Å². The van der Waals surface area contributed by atoms with Crippen molar-refractivity contribution >= 4 is 17.1 Å². The van der Waals surface area contributed by atoms with Crippen molar-refractivity contribution in [2.45, 2.75) is 6.42 Å². The van der Waals surface area contributed by atoms with E-state index >= 15 is 0 Å². The Morgan fingerprint density at radius 2 is 0.818 bits per heavy atom. The summed E-state index contributed by atoms with van der Waals surface area (Å²) in [6.45, 7) is 0. The van der Waals surface area contributed by atoms with Crippen molar-refractivity contribution in [1.82, 2.24) is 0 Å². The van der Waals surface area contributed by atoms with Crippen LogP contribution in [0.2, 0.25) is 0 Å². The standard InChI is InChI=1S/C43H31N/c1-3-10-31(11-4-1)33-18-24-37(25-19-33)44(38-26-20-34(21-27-38)32-12-5-2-6-13-32)39-28-22-35(23-29-39)40-16-9-17-42-41-15-8-7-14-36(41)30-43(40)42/h1-29H,30H2/i22D. The van der Waals surface area contributed by atoms with Gasteiger partial charge < -0.3 is 4.90 Å². The zero-order valence-electron chi connectivity index (χ0n) is 25.3. The van der Waals surface area contributed by atoms with Crippen LogP contribution >= 0.6 is 0 Å². The molecular weight excluding hydrogens is 530 g/mol. The number of benzene rings is 7. The van der Waals surface area contributed by atoms with Crippen molar-refractivity contribution in [3.8, 4) is 44.5 Å². The lowest BCUT2D eigenvalue weighted by Gasteiger charge is -2.26. The second kappa shape index (κ2) is 11.2. The molecule has 7 aromatic carbocycles. The highest BCUT2D eigenvalue weighted by Crippen LogP contribution is 2.43. The molecule has 0 aliphatic heterocycles. The maximum Gasteiger partial charge on any atom is 0.0630 e. The van der Waals surface area contributed by atoms with E-state index in [-0.39, 0.29) is 0 Å². The fourth-order valence-electron chi connectivity index (χ4n) is 6.45. The Balaban J connectivity index is 1.20. The van der Waals surface area contributed by atoms with Crippen molar-refractivity contribution in [1.29, 1.82) is 0 Å². The molecule has 0 aromatic heterocycles. The van der Waals surface area contributed by atoms with Gasteiger partial charge in [0.15, 0.2) is 0 Å². The summed E-state index contributed by atoms with van der Waals surface area (Å²) >= 11 is 0. The van der Waals surface area contributed by atoms with Crippen LogP contribution in [-0.4, -0.2) is 0 Å². The zero-order valence-corrected chi connectivity index (χ0v) is 24.3. The quantitative estimate of drug-likeness (QED) is 0.195. The van der Waals surface area contributed by atoms with Gasteiger partial charge in [-0.2, -0.15) is 0 Å². The van der Waals surface area contributed by atoms with E-state index in [9.17, 15) is 1.37 Å². The maximum absolute atomic E-state index is 9.26. The summed E-state index contributed by atoms with van der Waals surface area (Å²) in [6, 6.07) is 60.3. The molecule has 0 fully saturated rings. The van der Waals surface area contributed by atoms with E-state index in [1.807, 2.05) is 18.2 Å². The molecule has 0 amide bonds. The molecule has 44 heavy (non-hydrogen) atoms. The van der Waals surface area contributed by atoms with Gasteiger partial charge in [-0.15, -0.1) is 0 Å². The van der Waals surface area contributed by atoms with E-state index in [1.165, 1.54) is 44.5 Å². The first-order valence-corrected chi connectivity index (χ1v) is 15.2. The van der Waals surface area contributed by atoms with E-state index in [0.717, 1.165) is 34.6 Å². The summed E-state index contributed by atoms with van der Waals surface area (Å²) in [7, 11) is 0. The molecule has 0 radical (unpaired) electrons. The molecule has 208 valence electrons. The monoisotopic (exact) mass is 562 g/mol. The minimum absolute atomic E-state index is 0.517. The lowest BCUT2D eigenvalue weighted by atomic mass is 9.95. The molecule has 1 aliphatic carbocycles. The van der Waals surface area contributed by atoms with E-state index in [1.54, 1.807) is 0 Å². The Kier molecular flexibility index (Phi) is 6.34. The molecule has 7 aromatic rings. The van der Waals surface area contributed by atoms with Crippen LogP contribution in [0.3, 0.4) is 0 Å². The van der Waals surface area contributed by atoms with Gasteiger partial charge >= 0.3 is 0 Å². The third-order valence-corrected chi connectivity index (χ3v) is 8.66. The number of hydrogen-bond acceptors (Lipinski definition) is 1. The van der Waals surface area contributed by atoms with E-state index in [2.05, 4.69) is 157 Å². The Morgan fingerprint density at radius 1 is 0.364 bits per heavy atom. The lowest BCUT2D eigenvalue weighted by Crippen LogP contribution is -2.09. The van der Waals surface area contributed by atoms with Gasteiger partial charge in [-0.3, -0.25) is 0 Å². The molecule has 0 atom stereocenters. The fraction of sp³-hybridized carbons (Fsp3) is 0.0233. The number of nitrogens with zero attached hydrogens (tertiary/aromatic N) is 1. The summed E-state index contributed by atoms with van der Waals surface area (Å²) < 4.78 is 9.26. The first-order valence-electron chi connectivity index (χ1n) is 15.7. The predicted octanol–water partition coefficient (Wildman–Crippen LogP) is 11.7. The zero-order chi connectivity index (χ0) is 30.2. The summed E-state index contributed by atoms with van der Waals surface area (Å²) in [6.07, 6.45) is 0.899. The average molecular weight is 563 g/mol. The third-order valence-electron chi connectivity index (χ3n) is 8.66. The minimum Gasteiger partial charge on any atom is -0.311 e. The SMILES string of the molecule is [2H]c1cc(N(c2ccc(-c3ccccc3)cc2)c2ccc(-c3ccccc3)cc2)ccc1-c1cccc2c1Cc1ccccc1-2.